The zero-order valence-corrected chi connectivity index (χ0v) is 15.3. The van der Waals surface area contributed by atoms with Crippen LogP contribution in [-0.2, 0) is 4.79 Å². The molecule has 0 aromatic heterocycles. The van der Waals surface area contributed by atoms with Gasteiger partial charge >= 0.3 is 6.03 Å². The van der Waals surface area contributed by atoms with Crippen LogP contribution in [-0.4, -0.2) is 30.4 Å². The van der Waals surface area contributed by atoms with Gasteiger partial charge in [-0.05, 0) is 37.8 Å². The van der Waals surface area contributed by atoms with Gasteiger partial charge in [-0.15, -0.1) is 0 Å². The third-order valence-corrected chi connectivity index (χ3v) is 4.51. The van der Waals surface area contributed by atoms with Gasteiger partial charge in [0, 0.05) is 24.6 Å². The van der Waals surface area contributed by atoms with E-state index in [0.29, 0.717) is 18.5 Å². The quantitative estimate of drug-likeness (QED) is 0.462. The largest absolute Gasteiger partial charge is 0.338 e. The normalized spacial score (nSPS) is 14.3. The first kappa shape index (κ1) is 19.8. The SMILES string of the molecule is Cc1ccccc1C(=O)NNC(=O)CCCNC(=O)NC1CCCCC1. The van der Waals surface area contributed by atoms with Crippen molar-refractivity contribution in [3.8, 4) is 0 Å². The zero-order valence-electron chi connectivity index (χ0n) is 15.3. The molecule has 0 radical (unpaired) electrons. The standard InChI is InChI=1S/C19H28N4O3/c1-14-8-5-6-11-16(14)18(25)23-22-17(24)12-7-13-20-19(26)21-15-9-3-2-4-10-15/h5-6,8,11,15H,2-4,7,9-10,12-13H2,1H3,(H,22,24)(H,23,25)(H2,20,21,26). The second kappa shape index (κ2) is 10.4. The first-order chi connectivity index (χ1) is 12.6. The molecular formula is C19H28N4O3. The van der Waals surface area contributed by atoms with Crippen LogP contribution in [0.3, 0.4) is 0 Å². The molecule has 142 valence electrons. The summed E-state index contributed by atoms with van der Waals surface area (Å²) in [4.78, 5) is 35.5. The van der Waals surface area contributed by atoms with Gasteiger partial charge in [-0.1, -0.05) is 37.5 Å². The van der Waals surface area contributed by atoms with Crippen molar-refractivity contribution in [2.24, 2.45) is 0 Å². The summed E-state index contributed by atoms with van der Waals surface area (Å²) in [5, 5.41) is 5.73. The minimum absolute atomic E-state index is 0.176. The summed E-state index contributed by atoms with van der Waals surface area (Å²) in [6.07, 6.45) is 6.38. The third-order valence-electron chi connectivity index (χ3n) is 4.51. The number of urea groups is 1. The fraction of sp³-hybridized carbons (Fsp3) is 0.526. The van der Waals surface area contributed by atoms with E-state index in [1.807, 2.05) is 19.1 Å². The van der Waals surface area contributed by atoms with Crippen LogP contribution in [0.2, 0.25) is 0 Å². The Hall–Kier alpha value is -2.57. The van der Waals surface area contributed by atoms with Gasteiger partial charge in [0.05, 0.1) is 0 Å². The number of hydrogen-bond acceptors (Lipinski definition) is 3. The van der Waals surface area contributed by atoms with Gasteiger partial charge in [-0.2, -0.15) is 0 Å². The molecule has 0 atom stereocenters. The van der Waals surface area contributed by atoms with Crippen molar-refractivity contribution >= 4 is 17.8 Å². The van der Waals surface area contributed by atoms with Crippen LogP contribution < -0.4 is 21.5 Å². The van der Waals surface area contributed by atoms with Crippen molar-refractivity contribution in [1.29, 1.82) is 0 Å². The molecule has 4 amide bonds. The Balaban J connectivity index is 1.56. The van der Waals surface area contributed by atoms with E-state index >= 15 is 0 Å². The van der Waals surface area contributed by atoms with E-state index in [4.69, 9.17) is 0 Å². The van der Waals surface area contributed by atoms with E-state index in [2.05, 4.69) is 21.5 Å². The molecule has 0 saturated heterocycles. The monoisotopic (exact) mass is 360 g/mol. The van der Waals surface area contributed by atoms with Gasteiger partial charge in [0.25, 0.3) is 5.91 Å². The van der Waals surface area contributed by atoms with Crippen LogP contribution in [0.25, 0.3) is 0 Å². The molecule has 26 heavy (non-hydrogen) atoms. The first-order valence-corrected chi connectivity index (χ1v) is 9.25. The molecule has 7 heteroatoms. The molecule has 1 fully saturated rings. The number of hydrazine groups is 1. The maximum Gasteiger partial charge on any atom is 0.315 e. The average molecular weight is 360 g/mol. The van der Waals surface area contributed by atoms with Gasteiger partial charge in [-0.3, -0.25) is 20.4 Å². The van der Waals surface area contributed by atoms with E-state index in [0.717, 1.165) is 18.4 Å². The molecule has 1 aliphatic carbocycles. The number of hydrogen-bond donors (Lipinski definition) is 4. The predicted molar refractivity (Wildman–Crippen MR) is 99.4 cm³/mol. The highest BCUT2D eigenvalue weighted by Crippen LogP contribution is 2.17. The van der Waals surface area contributed by atoms with E-state index < -0.39 is 0 Å². The molecule has 0 aliphatic heterocycles. The summed E-state index contributed by atoms with van der Waals surface area (Å²) in [6, 6.07) is 7.25. The fourth-order valence-electron chi connectivity index (χ4n) is 3.02. The molecule has 1 aliphatic rings. The molecule has 0 bridgehead atoms. The van der Waals surface area contributed by atoms with Crippen molar-refractivity contribution in [1.82, 2.24) is 21.5 Å². The smallest absolute Gasteiger partial charge is 0.315 e. The third kappa shape index (κ3) is 6.74. The van der Waals surface area contributed by atoms with Crippen LogP contribution in [0.1, 0.15) is 60.9 Å². The number of rotatable bonds is 6. The molecule has 1 aromatic carbocycles. The van der Waals surface area contributed by atoms with Crippen molar-refractivity contribution in [3.05, 3.63) is 35.4 Å². The molecule has 2 rings (SSSR count). The zero-order chi connectivity index (χ0) is 18.8. The Morgan fingerprint density at radius 2 is 1.77 bits per heavy atom. The maximum absolute atomic E-state index is 12.0. The molecular weight excluding hydrogens is 332 g/mol. The van der Waals surface area contributed by atoms with Gasteiger partial charge in [0.2, 0.25) is 5.91 Å². The summed E-state index contributed by atoms with van der Waals surface area (Å²) in [5.74, 6) is -0.636. The van der Waals surface area contributed by atoms with E-state index in [9.17, 15) is 14.4 Å². The lowest BCUT2D eigenvalue weighted by atomic mass is 9.96. The molecule has 0 heterocycles. The minimum atomic E-state index is -0.346. The summed E-state index contributed by atoms with van der Waals surface area (Å²) < 4.78 is 0. The van der Waals surface area contributed by atoms with Gasteiger partial charge in [-0.25, -0.2) is 4.79 Å². The van der Waals surface area contributed by atoms with Crippen LogP contribution >= 0.6 is 0 Å². The Labute approximate surface area is 154 Å². The lowest BCUT2D eigenvalue weighted by Crippen LogP contribution is -2.44. The maximum atomic E-state index is 12.0. The summed E-state index contributed by atoms with van der Waals surface area (Å²) in [5.41, 5.74) is 6.16. The molecule has 4 N–H and O–H groups in total. The highest BCUT2D eigenvalue weighted by atomic mass is 16.2. The fourth-order valence-corrected chi connectivity index (χ4v) is 3.02. The van der Waals surface area contributed by atoms with Crippen LogP contribution in [0.5, 0.6) is 0 Å². The summed E-state index contributed by atoms with van der Waals surface area (Å²) >= 11 is 0. The number of aryl methyl sites for hydroxylation is 1. The number of carbonyl (C=O) groups excluding carboxylic acids is 3. The predicted octanol–water partition coefficient (Wildman–Crippen LogP) is 2.17. The Morgan fingerprint density at radius 3 is 2.50 bits per heavy atom. The molecule has 7 nitrogen and oxygen atoms in total. The van der Waals surface area contributed by atoms with Crippen molar-refractivity contribution in [3.63, 3.8) is 0 Å². The van der Waals surface area contributed by atoms with Gasteiger partial charge < -0.3 is 10.6 Å². The lowest BCUT2D eigenvalue weighted by molar-refractivity contribution is -0.121. The highest BCUT2D eigenvalue weighted by molar-refractivity contribution is 5.96. The van der Waals surface area contributed by atoms with E-state index in [-0.39, 0.29) is 30.3 Å². The van der Waals surface area contributed by atoms with E-state index in [1.165, 1.54) is 19.3 Å². The highest BCUT2D eigenvalue weighted by Gasteiger charge is 2.15. The summed E-state index contributed by atoms with van der Waals surface area (Å²) in [6.45, 7) is 2.25. The van der Waals surface area contributed by atoms with Gasteiger partial charge in [0.1, 0.15) is 0 Å². The number of carbonyl (C=O) groups is 3. The van der Waals surface area contributed by atoms with Crippen molar-refractivity contribution in [2.45, 2.75) is 57.9 Å². The van der Waals surface area contributed by atoms with Gasteiger partial charge in [0.15, 0.2) is 0 Å². The Morgan fingerprint density at radius 1 is 1.04 bits per heavy atom. The molecule has 1 aromatic rings. The molecule has 0 unspecified atom stereocenters. The molecule has 1 saturated carbocycles. The minimum Gasteiger partial charge on any atom is -0.338 e. The number of amides is 4. The number of nitrogens with one attached hydrogen (secondary N) is 4. The van der Waals surface area contributed by atoms with Crippen molar-refractivity contribution in [2.75, 3.05) is 6.54 Å². The number of benzene rings is 1. The average Bonchev–Trinajstić information content (AvgIpc) is 2.64. The Bertz CT molecular complexity index is 627. The lowest BCUT2D eigenvalue weighted by Gasteiger charge is -2.22. The van der Waals surface area contributed by atoms with E-state index in [1.54, 1.807) is 12.1 Å². The first-order valence-electron chi connectivity index (χ1n) is 9.25. The topological polar surface area (TPSA) is 99.3 Å². The Kier molecular flexibility index (Phi) is 7.92. The second-order valence-corrected chi connectivity index (χ2v) is 6.66. The van der Waals surface area contributed by atoms with Crippen LogP contribution in [0.15, 0.2) is 24.3 Å². The van der Waals surface area contributed by atoms with Crippen molar-refractivity contribution < 1.29 is 14.4 Å². The second-order valence-electron chi connectivity index (χ2n) is 6.66. The van der Waals surface area contributed by atoms with Crippen LogP contribution in [0.4, 0.5) is 4.79 Å². The summed E-state index contributed by atoms with van der Waals surface area (Å²) in [7, 11) is 0. The molecule has 0 spiro atoms. The van der Waals surface area contributed by atoms with Crippen LogP contribution in [0, 0.1) is 6.92 Å².